The minimum Gasteiger partial charge on any atom is -0.465 e. The minimum atomic E-state index is -0.597. The van der Waals surface area contributed by atoms with E-state index in [1.165, 1.54) is 0 Å². The Kier molecular flexibility index (Phi) is 5.69. The highest BCUT2D eigenvalue weighted by atomic mass is 32.2. The number of hydrogen-bond donors (Lipinski definition) is 0. The zero-order chi connectivity index (χ0) is 22.1. The number of nitrogens with zero attached hydrogens (tertiary/aromatic N) is 2. The van der Waals surface area contributed by atoms with Crippen molar-refractivity contribution in [3.63, 3.8) is 0 Å². The molecular formula is C24H22N2O4S. The van der Waals surface area contributed by atoms with Crippen molar-refractivity contribution in [3.05, 3.63) is 70.4 Å². The Morgan fingerprint density at radius 1 is 1.10 bits per heavy atom. The van der Waals surface area contributed by atoms with Crippen molar-refractivity contribution in [2.45, 2.75) is 20.8 Å². The number of esters is 1. The van der Waals surface area contributed by atoms with Gasteiger partial charge in [-0.1, -0.05) is 36.4 Å². The van der Waals surface area contributed by atoms with Crippen molar-refractivity contribution in [3.8, 4) is 5.69 Å². The van der Waals surface area contributed by atoms with Gasteiger partial charge in [0.2, 0.25) is 0 Å². The molecule has 2 aromatic carbocycles. The summed E-state index contributed by atoms with van der Waals surface area (Å²) in [6.45, 7) is 5.51. The summed E-state index contributed by atoms with van der Waals surface area (Å²) in [6.07, 6.45) is 1.72. The quantitative estimate of drug-likeness (QED) is 0.424. The number of thioether (sulfide) groups is 1. The van der Waals surface area contributed by atoms with E-state index in [1.54, 1.807) is 13.0 Å². The lowest BCUT2D eigenvalue weighted by Crippen LogP contribution is -2.34. The van der Waals surface area contributed by atoms with Gasteiger partial charge in [0.25, 0.3) is 11.1 Å². The van der Waals surface area contributed by atoms with Gasteiger partial charge in [0, 0.05) is 16.8 Å². The van der Waals surface area contributed by atoms with Crippen LogP contribution in [0.3, 0.4) is 0 Å². The van der Waals surface area contributed by atoms with Gasteiger partial charge in [0.15, 0.2) is 0 Å². The van der Waals surface area contributed by atoms with Gasteiger partial charge in [-0.25, -0.2) is 0 Å². The number of hydrogen-bond acceptors (Lipinski definition) is 5. The molecule has 1 fully saturated rings. The van der Waals surface area contributed by atoms with E-state index in [4.69, 9.17) is 4.74 Å². The molecule has 0 spiro atoms. The molecule has 6 nitrogen and oxygen atoms in total. The van der Waals surface area contributed by atoms with E-state index in [-0.39, 0.29) is 13.2 Å². The highest BCUT2D eigenvalue weighted by Gasteiger charge is 2.36. The fourth-order valence-corrected chi connectivity index (χ4v) is 4.65. The number of imide groups is 1. The van der Waals surface area contributed by atoms with Gasteiger partial charge in [-0.15, -0.1) is 0 Å². The Morgan fingerprint density at radius 2 is 1.84 bits per heavy atom. The Bertz CT molecular complexity index is 1240. The van der Waals surface area contributed by atoms with Crippen LogP contribution >= 0.6 is 11.8 Å². The zero-order valence-corrected chi connectivity index (χ0v) is 18.4. The normalized spacial score (nSPS) is 15.3. The van der Waals surface area contributed by atoms with Gasteiger partial charge >= 0.3 is 5.97 Å². The second-order valence-corrected chi connectivity index (χ2v) is 8.23. The predicted molar refractivity (Wildman–Crippen MR) is 122 cm³/mol. The van der Waals surface area contributed by atoms with Crippen LogP contribution in [-0.2, 0) is 14.3 Å². The fourth-order valence-electron chi connectivity index (χ4n) is 3.82. The lowest BCUT2D eigenvalue weighted by Gasteiger charge is -2.13. The maximum absolute atomic E-state index is 12.7. The highest BCUT2D eigenvalue weighted by Crippen LogP contribution is 2.34. The van der Waals surface area contributed by atoms with Crippen LogP contribution in [0.2, 0.25) is 0 Å². The number of benzene rings is 2. The van der Waals surface area contributed by atoms with E-state index in [0.29, 0.717) is 4.91 Å². The van der Waals surface area contributed by atoms with E-state index in [9.17, 15) is 14.4 Å². The van der Waals surface area contributed by atoms with Crippen LogP contribution in [0, 0.1) is 13.8 Å². The molecule has 1 saturated heterocycles. The second kappa shape index (κ2) is 8.43. The summed E-state index contributed by atoms with van der Waals surface area (Å²) < 4.78 is 7.01. The third-order valence-corrected chi connectivity index (χ3v) is 6.14. The van der Waals surface area contributed by atoms with Crippen LogP contribution < -0.4 is 0 Å². The molecule has 158 valence electrons. The first-order chi connectivity index (χ1) is 14.9. The third-order valence-electron chi connectivity index (χ3n) is 5.23. The first-order valence-corrected chi connectivity index (χ1v) is 10.8. The largest absolute Gasteiger partial charge is 0.465 e. The number of aryl methyl sites for hydroxylation is 1. The maximum atomic E-state index is 12.7. The van der Waals surface area contributed by atoms with Crippen LogP contribution in [0.25, 0.3) is 22.5 Å². The summed E-state index contributed by atoms with van der Waals surface area (Å²) in [5.41, 5.74) is 3.90. The van der Waals surface area contributed by atoms with Crippen LogP contribution in [0.15, 0.2) is 53.4 Å². The monoisotopic (exact) mass is 434 g/mol. The molecule has 0 atom stereocenters. The van der Waals surface area contributed by atoms with Gasteiger partial charge < -0.3 is 9.30 Å². The van der Waals surface area contributed by atoms with Crippen molar-refractivity contribution < 1.29 is 19.1 Å². The second-order valence-electron chi connectivity index (χ2n) is 7.23. The Balaban J connectivity index is 1.70. The van der Waals surface area contributed by atoms with Crippen molar-refractivity contribution in [1.82, 2.24) is 9.47 Å². The van der Waals surface area contributed by atoms with Crippen molar-refractivity contribution in [1.29, 1.82) is 0 Å². The molecule has 2 heterocycles. The van der Waals surface area contributed by atoms with Crippen LogP contribution in [-0.4, -0.2) is 39.7 Å². The molecule has 0 saturated carbocycles. The highest BCUT2D eigenvalue weighted by molar-refractivity contribution is 8.18. The van der Waals surface area contributed by atoms with E-state index in [1.807, 2.05) is 38.1 Å². The van der Waals surface area contributed by atoms with Gasteiger partial charge in [0.1, 0.15) is 6.54 Å². The summed E-state index contributed by atoms with van der Waals surface area (Å²) in [4.78, 5) is 37.9. The number of carbonyl (C=O) groups is 3. The van der Waals surface area contributed by atoms with Gasteiger partial charge in [-0.05, 0) is 61.7 Å². The fraction of sp³-hybridized carbons (Fsp3) is 0.208. The third kappa shape index (κ3) is 3.88. The number of rotatable bonds is 5. The number of amides is 2. The number of fused-ring (bicyclic) bond motifs is 1. The zero-order valence-electron chi connectivity index (χ0n) is 17.5. The molecule has 0 N–H and O–H groups in total. The molecular weight excluding hydrogens is 412 g/mol. The van der Waals surface area contributed by atoms with Crippen molar-refractivity contribution >= 4 is 45.7 Å². The molecule has 0 unspecified atom stereocenters. The maximum Gasteiger partial charge on any atom is 0.326 e. The van der Waals surface area contributed by atoms with E-state index >= 15 is 0 Å². The van der Waals surface area contributed by atoms with E-state index < -0.39 is 17.1 Å². The van der Waals surface area contributed by atoms with Crippen LogP contribution in [0.5, 0.6) is 0 Å². The summed E-state index contributed by atoms with van der Waals surface area (Å²) in [7, 11) is 0. The summed E-state index contributed by atoms with van der Waals surface area (Å²) in [5, 5.41) is 1.81. The Labute approximate surface area is 184 Å². The van der Waals surface area contributed by atoms with E-state index in [0.717, 1.165) is 50.1 Å². The number of carbonyl (C=O) groups excluding carboxylic acids is 3. The van der Waals surface area contributed by atoms with Gasteiger partial charge in [0.05, 0.1) is 17.2 Å². The van der Waals surface area contributed by atoms with Crippen molar-refractivity contribution in [2.75, 3.05) is 13.2 Å². The lowest BCUT2D eigenvalue weighted by molar-refractivity contribution is -0.145. The average molecular weight is 435 g/mol. The molecule has 1 aromatic heterocycles. The Morgan fingerprint density at radius 3 is 2.61 bits per heavy atom. The summed E-state index contributed by atoms with van der Waals surface area (Å²) >= 11 is 0.840. The first kappa shape index (κ1) is 20.9. The summed E-state index contributed by atoms with van der Waals surface area (Å²) in [5.74, 6) is -1.07. The molecule has 3 aromatic rings. The van der Waals surface area contributed by atoms with Crippen LogP contribution in [0.1, 0.15) is 23.9 Å². The van der Waals surface area contributed by atoms with E-state index in [2.05, 4.69) is 28.8 Å². The molecule has 7 heteroatoms. The topological polar surface area (TPSA) is 68.6 Å². The van der Waals surface area contributed by atoms with Gasteiger partial charge in [-0.2, -0.15) is 0 Å². The number of ether oxygens (including phenoxy) is 1. The van der Waals surface area contributed by atoms with Crippen LogP contribution in [0.4, 0.5) is 4.79 Å². The smallest absolute Gasteiger partial charge is 0.326 e. The Hall–Kier alpha value is -3.32. The van der Waals surface area contributed by atoms with Gasteiger partial charge in [-0.3, -0.25) is 19.3 Å². The molecule has 4 rings (SSSR count). The molecule has 1 aliphatic heterocycles. The average Bonchev–Trinajstić information content (AvgIpc) is 3.17. The molecule has 1 aliphatic rings. The lowest BCUT2D eigenvalue weighted by atomic mass is 10.1. The standard InChI is InChI=1S/C24H22N2O4S/c1-4-30-22(27)14-25-23(28)21(31-24(25)29)13-18-12-15(2)26(16(18)3)20-11-7-9-17-8-5-6-10-19(17)20/h5-13H,4,14H2,1-3H3/b21-13-. The predicted octanol–water partition coefficient (Wildman–Crippen LogP) is 4.85. The molecule has 2 amide bonds. The number of aromatic nitrogens is 1. The molecule has 0 radical (unpaired) electrons. The molecule has 0 aliphatic carbocycles. The SMILES string of the molecule is CCOC(=O)CN1C(=O)S/C(=C\c2cc(C)n(-c3cccc4ccccc34)c2C)C1=O. The molecule has 31 heavy (non-hydrogen) atoms. The summed E-state index contributed by atoms with van der Waals surface area (Å²) in [6, 6.07) is 16.4. The molecule has 0 bridgehead atoms. The minimum absolute atomic E-state index is 0.199. The van der Waals surface area contributed by atoms with Crippen molar-refractivity contribution in [2.24, 2.45) is 0 Å². The first-order valence-electron chi connectivity index (χ1n) is 9.98.